The molecule has 6 unspecified atom stereocenters. The average molecular weight is 385 g/mol. The summed E-state index contributed by atoms with van der Waals surface area (Å²) in [5.74, 6) is 2.99. The molecule has 1 aromatic carbocycles. The number of hydrogen-bond acceptors (Lipinski definition) is 1. The summed E-state index contributed by atoms with van der Waals surface area (Å²) in [6, 6.07) is 10.9. The normalized spacial score (nSPS) is 40.4. The molecule has 2 bridgehead atoms. The molecule has 0 aliphatic heterocycles. The fraction of sp³-hybridized carbons (Fsp3) is 0.464. The minimum absolute atomic E-state index is 0.0771. The SMILES string of the molecule is C=C[C@@H]1CC(Cc2ccccc2)C23CCC(=CC4C=CC=CC4C12)C(C)C(=O)C3. The maximum Gasteiger partial charge on any atom is 0.140 e. The number of allylic oxidation sites excluding steroid dienone is 7. The van der Waals surface area contributed by atoms with Crippen molar-refractivity contribution in [2.24, 2.45) is 40.9 Å². The molecule has 1 spiro atoms. The zero-order valence-corrected chi connectivity index (χ0v) is 17.5. The van der Waals surface area contributed by atoms with Gasteiger partial charge in [0.25, 0.3) is 0 Å². The fourth-order valence-electron chi connectivity index (χ4n) is 7.15. The summed E-state index contributed by atoms with van der Waals surface area (Å²) >= 11 is 0. The van der Waals surface area contributed by atoms with E-state index in [1.165, 1.54) is 17.6 Å². The monoisotopic (exact) mass is 384 g/mol. The maximum atomic E-state index is 13.4. The van der Waals surface area contributed by atoms with E-state index in [9.17, 15) is 4.79 Å². The third-order valence-corrected chi connectivity index (χ3v) is 8.59. The fourth-order valence-corrected chi connectivity index (χ4v) is 7.15. The van der Waals surface area contributed by atoms with Gasteiger partial charge in [-0.1, -0.05) is 79.3 Å². The summed E-state index contributed by atoms with van der Waals surface area (Å²) in [5, 5.41) is 0. The van der Waals surface area contributed by atoms with Crippen LogP contribution < -0.4 is 0 Å². The molecule has 29 heavy (non-hydrogen) atoms. The van der Waals surface area contributed by atoms with Gasteiger partial charge in [0.15, 0.2) is 0 Å². The largest absolute Gasteiger partial charge is 0.299 e. The van der Waals surface area contributed by atoms with Crippen LogP contribution in [0.3, 0.4) is 0 Å². The highest BCUT2D eigenvalue weighted by Crippen LogP contribution is 2.64. The molecule has 0 radical (unpaired) electrons. The Morgan fingerprint density at radius 2 is 1.97 bits per heavy atom. The molecule has 2 saturated carbocycles. The Bertz CT molecular complexity index is 888. The lowest BCUT2D eigenvalue weighted by Gasteiger charge is -2.46. The Labute approximate surface area is 175 Å². The van der Waals surface area contributed by atoms with Crippen molar-refractivity contribution in [3.8, 4) is 0 Å². The molecular formula is C28H32O. The van der Waals surface area contributed by atoms with E-state index in [-0.39, 0.29) is 11.3 Å². The van der Waals surface area contributed by atoms with Crippen molar-refractivity contribution in [2.75, 3.05) is 0 Å². The topological polar surface area (TPSA) is 17.1 Å². The Morgan fingerprint density at radius 1 is 1.17 bits per heavy atom. The van der Waals surface area contributed by atoms with Gasteiger partial charge in [0.05, 0.1) is 0 Å². The van der Waals surface area contributed by atoms with Crippen molar-refractivity contribution in [3.05, 3.63) is 84.5 Å². The van der Waals surface area contributed by atoms with Gasteiger partial charge in [-0.05, 0) is 60.3 Å². The molecule has 1 heteroatoms. The molecule has 0 amide bonds. The van der Waals surface area contributed by atoms with E-state index < -0.39 is 0 Å². The van der Waals surface area contributed by atoms with Crippen LogP contribution in [0.5, 0.6) is 0 Å². The van der Waals surface area contributed by atoms with Gasteiger partial charge in [-0.3, -0.25) is 4.79 Å². The molecular weight excluding hydrogens is 352 g/mol. The van der Waals surface area contributed by atoms with Crippen molar-refractivity contribution in [2.45, 2.75) is 39.0 Å². The molecule has 2 fully saturated rings. The minimum Gasteiger partial charge on any atom is -0.299 e. The molecule has 5 rings (SSSR count). The Kier molecular flexibility index (Phi) is 4.73. The molecule has 1 aromatic rings. The number of fused-ring (bicyclic) bond motifs is 4. The Balaban J connectivity index is 1.64. The summed E-state index contributed by atoms with van der Waals surface area (Å²) < 4.78 is 0. The molecule has 0 saturated heterocycles. The zero-order chi connectivity index (χ0) is 20.0. The second-order valence-electron chi connectivity index (χ2n) is 9.81. The Morgan fingerprint density at radius 3 is 2.76 bits per heavy atom. The first-order chi connectivity index (χ1) is 14.1. The number of carbonyl (C=O) groups is 1. The highest BCUT2D eigenvalue weighted by molar-refractivity contribution is 5.84. The number of rotatable bonds is 3. The van der Waals surface area contributed by atoms with Crippen molar-refractivity contribution in [3.63, 3.8) is 0 Å². The first-order valence-corrected chi connectivity index (χ1v) is 11.4. The summed E-state index contributed by atoms with van der Waals surface area (Å²) in [6.07, 6.45) is 19.1. The lowest BCUT2D eigenvalue weighted by atomic mass is 9.58. The van der Waals surface area contributed by atoms with Crippen molar-refractivity contribution in [1.82, 2.24) is 0 Å². The van der Waals surface area contributed by atoms with Gasteiger partial charge in [-0.15, -0.1) is 6.58 Å². The molecule has 4 aliphatic carbocycles. The standard InChI is InChI=1S/C28H32O/c1-3-21-17-24(15-20-9-5-4-6-10-20)28-14-13-22(19(2)26(29)18-28)16-23-11-7-8-12-25(23)27(21)28/h3-12,16,19,21,23-25,27H,1,13-15,17-18H2,2H3/t19?,21-,23?,24?,25?,27?,28?/m1/s1. The van der Waals surface area contributed by atoms with E-state index in [1.54, 1.807) is 0 Å². The molecule has 0 N–H and O–H groups in total. The highest BCUT2D eigenvalue weighted by Gasteiger charge is 2.58. The summed E-state index contributed by atoms with van der Waals surface area (Å²) in [6.45, 7) is 6.41. The van der Waals surface area contributed by atoms with E-state index in [0.29, 0.717) is 35.4 Å². The van der Waals surface area contributed by atoms with E-state index in [4.69, 9.17) is 0 Å². The third kappa shape index (κ3) is 3.01. The molecule has 7 atom stereocenters. The second kappa shape index (κ2) is 7.27. The molecule has 0 heterocycles. The van der Waals surface area contributed by atoms with Crippen LogP contribution in [-0.4, -0.2) is 5.78 Å². The van der Waals surface area contributed by atoms with E-state index in [1.807, 2.05) is 0 Å². The minimum atomic E-state index is 0.0771. The van der Waals surface area contributed by atoms with Crippen LogP contribution in [-0.2, 0) is 11.2 Å². The molecule has 4 aliphatic rings. The lowest BCUT2D eigenvalue weighted by molar-refractivity contribution is -0.125. The van der Waals surface area contributed by atoms with E-state index in [0.717, 1.165) is 25.7 Å². The highest BCUT2D eigenvalue weighted by atomic mass is 16.1. The maximum absolute atomic E-state index is 13.4. The lowest BCUT2D eigenvalue weighted by Crippen LogP contribution is -2.41. The molecule has 0 aromatic heterocycles. The summed E-state index contributed by atoms with van der Waals surface area (Å²) in [7, 11) is 0. The first-order valence-electron chi connectivity index (χ1n) is 11.4. The third-order valence-electron chi connectivity index (χ3n) is 8.59. The second-order valence-corrected chi connectivity index (χ2v) is 9.81. The smallest absolute Gasteiger partial charge is 0.140 e. The number of Topliss-reactive ketones (excluding diaryl/α,β-unsaturated/α-hetero) is 1. The average Bonchev–Trinajstić information content (AvgIpc) is 2.97. The molecule has 150 valence electrons. The van der Waals surface area contributed by atoms with Crippen LogP contribution in [0.4, 0.5) is 0 Å². The quantitative estimate of drug-likeness (QED) is 0.556. The van der Waals surface area contributed by atoms with Gasteiger partial charge in [-0.2, -0.15) is 0 Å². The van der Waals surface area contributed by atoms with Crippen LogP contribution in [0.2, 0.25) is 0 Å². The zero-order valence-electron chi connectivity index (χ0n) is 17.5. The Hall–Kier alpha value is -2.15. The van der Waals surface area contributed by atoms with Crippen molar-refractivity contribution >= 4 is 5.78 Å². The number of benzene rings is 1. The van der Waals surface area contributed by atoms with E-state index in [2.05, 4.69) is 80.3 Å². The molecule has 1 nitrogen and oxygen atoms in total. The van der Waals surface area contributed by atoms with Crippen LogP contribution >= 0.6 is 0 Å². The van der Waals surface area contributed by atoms with Gasteiger partial charge in [0, 0.05) is 18.3 Å². The number of ketones is 1. The van der Waals surface area contributed by atoms with Crippen molar-refractivity contribution in [1.29, 1.82) is 0 Å². The van der Waals surface area contributed by atoms with Crippen LogP contribution in [0.25, 0.3) is 0 Å². The van der Waals surface area contributed by atoms with Crippen molar-refractivity contribution < 1.29 is 4.79 Å². The van der Waals surface area contributed by atoms with Gasteiger partial charge in [0.2, 0.25) is 0 Å². The van der Waals surface area contributed by atoms with E-state index >= 15 is 0 Å². The van der Waals surface area contributed by atoms with Crippen LogP contribution in [0.15, 0.2) is 78.9 Å². The summed E-state index contributed by atoms with van der Waals surface area (Å²) in [5.41, 5.74) is 2.89. The van der Waals surface area contributed by atoms with Gasteiger partial charge in [0.1, 0.15) is 5.78 Å². The van der Waals surface area contributed by atoms with Crippen LogP contribution in [0.1, 0.15) is 38.2 Å². The van der Waals surface area contributed by atoms with Gasteiger partial charge < -0.3 is 0 Å². The predicted octanol–water partition coefficient (Wildman–Crippen LogP) is 6.34. The van der Waals surface area contributed by atoms with Crippen LogP contribution in [0, 0.1) is 40.9 Å². The summed E-state index contributed by atoms with van der Waals surface area (Å²) in [4.78, 5) is 13.4. The first kappa shape index (κ1) is 18.9. The van der Waals surface area contributed by atoms with Gasteiger partial charge in [-0.25, -0.2) is 0 Å². The number of carbonyl (C=O) groups excluding carboxylic acids is 1. The predicted molar refractivity (Wildman–Crippen MR) is 119 cm³/mol. The van der Waals surface area contributed by atoms with Gasteiger partial charge >= 0.3 is 0 Å². The number of hydrogen-bond donors (Lipinski definition) is 0.